The highest BCUT2D eigenvalue weighted by Gasteiger charge is 2.12. The van der Waals surface area contributed by atoms with Crippen LogP contribution in [0.15, 0.2) is 11.1 Å². The number of rotatable bonds is 4. The van der Waals surface area contributed by atoms with Crippen molar-refractivity contribution >= 4 is 11.8 Å². The predicted octanol–water partition coefficient (Wildman–Crippen LogP) is 2.35. The summed E-state index contributed by atoms with van der Waals surface area (Å²) in [5.41, 5.74) is 1.11. The van der Waals surface area contributed by atoms with Crippen LogP contribution in [-0.2, 0) is 7.05 Å². The van der Waals surface area contributed by atoms with Crippen LogP contribution in [0.4, 0.5) is 0 Å². The first-order valence-electron chi connectivity index (χ1n) is 6.12. The maximum absolute atomic E-state index is 4.36. The molecule has 1 aromatic rings. The highest BCUT2D eigenvalue weighted by atomic mass is 32.2. The average Bonchev–Trinajstić information content (AvgIpc) is 2.59. The largest absolute Gasteiger partial charge is 0.314 e. The minimum atomic E-state index is 0.746. The van der Waals surface area contributed by atoms with E-state index in [1.54, 1.807) is 0 Å². The molecule has 0 radical (unpaired) electrons. The van der Waals surface area contributed by atoms with E-state index in [1.165, 1.54) is 43.0 Å². The van der Waals surface area contributed by atoms with Crippen molar-refractivity contribution in [2.45, 2.75) is 43.7 Å². The fraction of sp³-hybridized carbons (Fsp3) is 0.750. The van der Waals surface area contributed by atoms with E-state index in [0.717, 1.165) is 11.7 Å². The van der Waals surface area contributed by atoms with Crippen molar-refractivity contribution in [3.05, 3.63) is 11.8 Å². The highest BCUT2D eigenvalue weighted by molar-refractivity contribution is 7.99. The van der Waals surface area contributed by atoms with Crippen molar-refractivity contribution in [1.29, 1.82) is 0 Å². The Balaban J connectivity index is 1.73. The first kappa shape index (κ1) is 12.0. The van der Waals surface area contributed by atoms with E-state index in [9.17, 15) is 0 Å². The van der Waals surface area contributed by atoms with Crippen LogP contribution in [0.2, 0.25) is 0 Å². The van der Waals surface area contributed by atoms with E-state index in [1.807, 2.05) is 30.4 Å². The Kier molecular flexibility index (Phi) is 4.29. The Morgan fingerprint density at radius 3 is 3.06 bits per heavy atom. The van der Waals surface area contributed by atoms with Gasteiger partial charge in [-0.2, -0.15) is 5.10 Å². The fourth-order valence-electron chi connectivity index (χ4n) is 2.20. The molecule has 2 rings (SSSR count). The molecule has 1 aliphatic heterocycles. The Bertz CT molecular complexity index is 329. The van der Waals surface area contributed by atoms with Gasteiger partial charge in [0.25, 0.3) is 0 Å². The predicted molar refractivity (Wildman–Crippen MR) is 68.9 cm³/mol. The number of hydrogen-bond acceptors (Lipinski definition) is 3. The van der Waals surface area contributed by atoms with Gasteiger partial charge in [-0.15, -0.1) is 11.8 Å². The number of nitrogens with one attached hydrogen (secondary N) is 1. The van der Waals surface area contributed by atoms with Crippen LogP contribution >= 0.6 is 11.8 Å². The monoisotopic (exact) mass is 239 g/mol. The third-order valence-electron chi connectivity index (χ3n) is 3.09. The summed E-state index contributed by atoms with van der Waals surface area (Å²) in [6, 6.07) is 2.91. The Hall–Kier alpha value is -0.480. The van der Waals surface area contributed by atoms with Crippen LogP contribution in [0, 0.1) is 6.92 Å². The molecule has 1 N–H and O–H groups in total. The lowest BCUT2D eigenvalue weighted by molar-refractivity contribution is 0.394. The van der Waals surface area contributed by atoms with Gasteiger partial charge in [-0.1, -0.05) is 6.42 Å². The van der Waals surface area contributed by atoms with Gasteiger partial charge in [0.2, 0.25) is 0 Å². The average molecular weight is 239 g/mol. The molecule has 1 saturated heterocycles. The third-order valence-corrected chi connectivity index (χ3v) is 4.21. The molecule has 0 aromatic carbocycles. The smallest absolute Gasteiger partial charge is 0.0939 e. The van der Waals surface area contributed by atoms with Gasteiger partial charge in [-0.05, 0) is 38.8 Å². The van der Waals surface area contributed by atoms with E-state index < -0.39 is 0 Å². The summed E-state index contributed by atoms with van der Waals surface area (Å²) in [6.45, 7) is 3.26. The van der Waals surface area contributed by atoms with Gasteiger partial charge in [0.15, 0.2) is 0 Å². The Morgan fingerprint density at radius 1 is 1.56 bits per heavy atom. The third kappa shape index (κ3) is 3.25. The first-order chi connectivity index (χ1) is 7.75. The second-order valence-electron chi connectivity index (χ2n) is 4.53. The highest BCUT2D eigenvalue weighted by Crippen LogP contribution is 2.21. The lowest BCUT2D eigenvalue weighted by atomic mass is 10.0. The quantitative estimate of drug-likeness (QED) is 0.818. The van der Waals surface area contributed by atoms with Crippen molar-refractivity contribution in [2.75, 3.05) is 12.3 Å². The molecule has 16 heavy (non-hydrogen) atoms. The van der Waals surface area contributed by atoms with Gasteiger partial charge in [-0.25, -0.2) is 0 Å². The molecule has 1 aromatic heterocycles. The number of aromatic nitrogens is 2. The number of hydrogen-bond donors (Lipinski definition) is 1. The zero-order chi connectivity index (χ0) is 11.4. The zero-order valence-corrected chi connectivity index (χ0v) is 11.0. The maximum atomic E-state index is 4.36. The van der Waals surface area contributed by atoms with E-state index in [-0.39, 0.29) is 0 Å². The molecule has 0 spiro atoms. The van der Waals surface area contributed by atoms with Crippen LogP contribution < -0.4 is 5.32 Å². The van der Waals surface area contributed by atoms with E-state index in [2.05, 4.69) is 16.5 Å². The number of piperidine rings is 1. The van der Waals surface area contributed by atoms with E-state index >= 15 is 0 Å². The SMILES string of the molecule is Cc1cc(SCCC2CCCCN2)n(C)n1. The molecule has 1 aliphatic rings. The first-order valence-corrected chi connectivity index (χ1v) is 7.11. The van der Waals surface area contributed by atoms with Gasteiger partial charge >= 0.3 is 0 Å². The summed E-state index contributed by atoms with van der Waals surface area (Å²) in [6.07, 6.45) is 5.37. The second kappa shape index (κ2) is 5.73. The van der Waals surface area contributed by atoms with Gasteiger partial charge in [0, 0.05) is 18.8 Å². The summed E-state index contributed by atoms with van der Waals surface area (Å²) in [5.74, 6) is 1.19. The lowest BCUT2D eigenvalue weighted by Gasteiger charge is -2.23. The summed E-state index contributed by atoms with van der Waals surface area (Å²) in [4.78, 5) is 0. The van der Waals surface area contributed by atoms with Crippen molar-refractivity contribution in [2.24, 2.45) is 7.05 Å². The molecule has 0 aliphatic carbocycles. The number of nitrogens with zero attached hydrogens (tertiary/aromatic N) is 2. The van der Waals surface area contributed by atoms with Gasteiger partial charge < -0.3 is 5.32 Å². The zero-order valence-electron chi connectivity index (χ0n) is 10.2. The summed E-state index contributed by atoms with van der Waals surface area (Å²) in [5, 5.41) is 9.23. The van der Waals surface area contributed by atoms with Crippen LogP contribution in [0.5, 0.6) is 0 Å². The lowest BCUT2D eigenvalue weighted by Crippen LogP contribution is -2.34. The topological polar surface area (TPSA) is 29.9 Å². The van der Waals surface area contributed by atoms with E-state index in [4.69, 9.17) is 0 Å². The summed E-state index contributed by atoms with van der Waals surface area (Å²) >= 11 is 1.92. The Morgan fingerprint density at radius 2 is 2.44 bits per heavy atom. The fourth-order valence-corrected chi connectivity index (χ4v) is 3.29. The molecule has 0 bridgehead atoms. The van der Waals surface area contributed by atoms with Crippen LogP contribution in [0.25, 0.3) is 0 Å². The van der Waals surface area contributed by atoms with Crippen LogP contribution in [0.1, 0.15) is 31.4 Å². The van der Waals surface area contributed by atoms with Crippen LogP contribution in [0.3, 0.4) is 0 Å². The number of thioether (sulfide) groups is 1. The van der Waals surface area contributed by atoms with Crippen molar-refractivity contribution in [1.82, 2.24) is 15.1 Å². The Labute approximate surface area is 102 Å². The summed E-state index contributed by atoms with van der Waals surface area (Å²) in [7, 11) is 2.02. The van der Waals surface area contributed by atoms with Gasteiger partial charge in [0.1, 0.15) is 0 Å². The molecule has 1 fully saturated rings. The molecule has 0 amide bonds. The molecule has 2 heterocycles. The van der Waals surface area contributed by atoms with Crippen molar-refractivity contribution in [3.8, 4) is 0 Å². The van der Waals surface area contributed by atoms with E-state index in [0.29, 0.717) is 0 Å². The van der Waals surface area contributed by atoms with Crippen molar-refractivity contribution in [3.63, 3.8) is 0 Å². The number of aryl methyl sites for hydroxylation is 2. The molecule has 90 valence electrons. The normalized spacial score (nSPS) is 21.2. The molecule has 0 saturated carbocycles. The molecule has 1 atom stereocenters. The van der Waals surface area contributed by atoms with Crippen LogP contribution in [-0.4, -0.2) is 28.1 Å². The summed E-state index contributed by atoms with van der Waals surface area (Å²) < 4.78 is 1.98. The standard InChI is InChI=1S/C12H21N3S/c1-10-9-12(15(2)14-10)16-8-6-11-5-3-4-7-13-11/h9,11,13H,3-8H2,1-2H3. The minimum Gasteiger partial charge on any atom is -0.314 e. The molecule has 3 nitrogen and oxygen atoms in total. The molecular weight excluding hydrogens is 218 g/mol. The van der Waals surface area contributed by atoms with Crippen molar-refractivity contribution < 1.29 is 0 Å². The minimum absolute atomic E-state index is 0.746. The molecular formula is C12H21N3S. The molecule has 1 unspecified atom stereocenters. The second-order valence-corrected chi connectivity index (χ2v) is 5.65. The maximum Gasteiger partial charge on any atom is 0.0939 e. The van der Waals surface area contributed by atoms with Gasteiger partial charge in [-0.3, -0.25) is 4.68 Å². The van der Waals surface area contributed by atoms with Gasteiger partial charge in [0.05, 0.1) is 10.7 Å². The molecule has 4 heteroatoms.